The third-order valence-corrected chi connectivity index (χ3v) is 4.88. The molecule has 1 aromatic heterocycles. The largest absolute Gasteiger partial charge is 0.350 e. The maximum atomic E-state index is 11.8. The first-order valence-corrected chi connectivity index (χ1v) is 8.38. The van der Waals surface area contributed by atoms with Gasteiger partial charge in [-0.05, 0) is 13.3 Å². The van der Waals surface area contributed by atoms with E-state index in [2.05, 4.69) is 15.5 Å². The van der Waals surface area contributed by atoms with E-state index in [-0.39, 0.29) is 17.9 Å². The molecule has 0 aliphatic carbocycles. The molecular formula is C12H18N4O2S2. The van der Waals surface area contributed by atoms with Crippen LogP contribution in [0.4, 0.5) is 0 Å². The van der Waals surface area contributed by atoms with Crippen LogP contribution in [-0.4, -0.2) is 51.8 Å². The van der Waals surface area contributed by atoms with Gasteiger partial charge >= 0.3 is 0 Å². The second-order valence-corrected chi connectivity index (χ2v) is 7.09. The van der Waals surface area contributed by atoms with Gasteiger partial charge < -0.3 is 10.2 Å². The molecule has 1 aliphatic rings. The molecule has 0 saturated carbocycles. The molecule has 0 unspecified atom stereocenters. The number of carbonyl (C=O) groups is 2. The topological polar surface area (TPSA) is 75.2 Å². The van der Waals surface area contributed by atoms with E-state index in [1.165, 1.54) is 23.1 Å². The quantitative estimate of drug-likeness (QED) is 0.795. The van der Waals surface area contributed by atoms with Gasteiger partial charge in [0.15, 0.2) is 4.34 Å². The zero-order valence-electron chi connectivity index (χ0n) is 11.6. The van der Waals surface area contributed by atoms with Crippen molar-refractivity contribution in [1.29, 1.82) is 0 Å². The highest BCUT2D eigenvalue weighted by molar-refractivity contribution is 8.01. The summed E-state index contributed by atoms with van der Waals surface area (Å²) in [5, 5.41) is 11.7. The first kappa shape index (κ1) is 15.2. The van der Waals surface area contributed by atoms with Gasteiger partial charge in [0, 0.05) is 19.5 Å². The Hall–Kier alpha value is -1.15. The Bertz CT molecular complexity index is 492. The highest BCUT2D eigenvalue weighted by atomic mass is 32.2. The molecule has 1 atom stereocenters. The standard InChI is InChI=1S/C12H18N4O2S2/c1-3-4-16-6-9(5-11(16)18)13-10(17)7-19-12-15-14-8(2)20-12/h9H,3-7H2,1-2H3,(H,13,17)/t9-/m0/s1. The first-order chi connectivity index (χ1) is 9.58. The molecule has 8 heteroatoms. The highest BCUT2D eigenvalue weighted by Gasteiger charge is 2.29. The van der Waals surface area contributed by atoms with Gasteiger partial charge in [-0.25, -0.2) is 0 Å². The minimum atomic E-state index is -0.0571. The Morgan fingerprint density at radius 2 is 2.35 bits per heavy atom. The van der Waals surface area contributed by atoms with Crippen LogP contribution in [0, 0.1) is 6.92 Å². The number of hydrogen-bond acceptors (Lipinski definition) is 6. The lowest BCUT2D eigenvalue weighted by Crippen LogP contribution is -2.38. The summed E-state index contributed by atoms with van der Waals surface area (Å²) in [6.45, 7) is 5.32. The third kappa shape index (κ3) is 4.17. The van der Waals surface area contributed by atoms with Crippen molar-refractivity contribution in [1.82, 2.24) is 20.4 Å². The lowest BCUT2D eigenvalue weighted by molar-refractivity contribution is -0.127. The van der Waals surface area contributed by atoms with Gasteiger partial charge in [0.2, 0.25) is 11.8 Å². The van der Waals surface area contributed by atoms with E-state index in [4.69, 9.17) is 0 Å². The number of aryl methyl sites for hydroxylation is 1. The van der Waals surface area contributed by atoms with E-state index < -0.39 is 0 Å². The second kappa shape index (κ2) is 7.03. The van der Waals surface area contributed by atoms with Crippen LogP contribution < -0.4 is 5.32 Å². The lowest BCUT2D eigenvalue weighted by Gasteiger charge is -2.15. The SMILES string of the molecule is CCCN1C[C@@H](NC(=O)CSc2nnc(C)s2)CC1=O. The summed E-state index contributed by atoms with van der Waals surface area (Å²) in [7, 11) is 0. The van der Waals surface area contributed by atoms with Crippen molar-refractivity contribution in [3.8, 4) is 0 Å². The van der Waals surface area contributed by atoms with E-state index >= 15 is 0 Å². The predicted molar refractivity (Wildman–Crippen MR) is 78.8 cm³/mol. The van der Waals surface area contributed by atoms with E-state index in [0.29, 0.717) is 18.7 Å². The van der Waals surface area contributed by atoms with Crippen LogP contribution in [0.3, 0.4) is 0 Å². The molecule has 2 heterocycles. The van der Waals surface area contributed by atoms with E-state index in [0.717, 1.165) is 22.3 Å². The van der Waals surface area contributed by atoms with Crippen molar-refractivity contribution in [2.75, 3.05) is 18.8 Å². The zero-order valence-corrected chi connectivity index (χ0v) is 13.2. The number of likely N-dealkylation sites (tertiary alicyclic amines) is 1. The van der Waals surface area contributed by atoms with Crippen molar-refractivity contribution in [3.05, 3.63) is 5.01 Å². The number of aromatic nitrogens is 2. The smallest absolute Gasteiger partial charge is 0.230 e. The molecular weight excluding hydrogens is 296 g/mol. The van der Waals surface area contributed by atoms with Crippen molar-refractivity contribution >= 4 is 34.9 Å². The molecule has 0 bridgehead atoms. The maximum absolute atomic E-state index is 11.8. The Balaban J connectivity index is 1.73. The Labute approximate surface area is 126 Å². The summed E-state index contributed by atoms with van der Waals surface area (Å²) in [4.78, 5) is 25.3. The highest BCUT2D eigenvalue weighted by Crippen LogP contribution is 2.21. The van der Waals surface area contributed by atoms with Crippen LogP contribution in [0.25, 0.3) is 0 Å². The minimum Gasteiger partial charge on any atom is -0.350 e. The normalized spacial score (nSPS) is 18.6. The number of carbonyl (C=O) groups excluding carboxylic acids is 2. The van der Waals surface area contributed by atoms with Gasteiger partial charge in [0.05, 0.1) is 11.8 Å². The van der Waals surface area contributed by atoms with Crippen LogP contribution in [0.15, 0.2) is 4.34 Å². The van der Waals surface area contributed by atoms with Gasteiger partial charge in [-0.15, -0.1) is 10.2 Å². The van der Waals surface area contributed by atoms with Gasteiger partial charge in [0.25, 0.3) is 0 Å². The molecule has 1 N–H and O–H groups in total. The molecule has 1 aliphatic heterocycles. The number of hydrogen-bond donors (Lipinski definition) is 1. The summed E-state index contributed by atoms with van der Waals surface area (Å²) in [5.74, 6) is 0.385. The predicted octanol–water partition coefficient (Wildman–Crippen LogP) is 1.07. The average molecular weight is 314 g/mol. The van der Waals surface area contributed by atoms with Crippen LogP contribution in [-0.2, 0) is 9.59 Å². The summed E-state index contributed by atoms with van der Waals surface area (Å²) in [6.07, 6.45) is 1.35. The molecule has 0 spiro atoms. The summed E-state index contributed by atoms with van der Waals surface area (Å²) >= 11 is 2.86. The van der Waals surface area contributed by atoms with Crippen molar-refractivity contribution in [3.63, 3.8) is 0 Å². The maximum Gasteiger partial charge on any atom is 0.230 e. The van der Waals surface area contributed by atoms with E-state index in [1.54, 1.807) is 0 Å². The monoisotopic (exact) mass is 314 g/mol. The lowest BCUT2D eigenvalue weighted by atomic mass is 10.2. The second-order valence-electron chi connectivity index (χ2n) is 4.68. The molecule has 20 heavy (non-hydrogen) atoms. The van der Waals surface area contributed by atoms with Gasteiger partial charge in [-0.2, -0.15) is 0 Å². The van der Waals surface area contributed by atoms with Crippen LogP contribution in [0.1, 0.15) is 24.8 Å². The number of amides is 2. The minimum absolute atomic E-state index is 0.0565. The van der Waals surface area contributed by atoms with Gasteiger partial charge in [-0.3, -0.25) is 9.59 Å². The van der Waals surface area contributed by atoms with Crippen LogP contribution in [0.5, 0.6) is 0 Å². The number of nitrogens with one attached hydrogen (secondary N) is 1. The molecule has 1 fully saturated rings. The molecule has 1 saturated heterocycles. The molecule has 1 aromatic rings. The Morgan fingerprint density at radius 1 is 1.55 bits per heavy atom. The molecule has 6 nitrogen and oxygen atoms in total. The average Bonchev–Trinajstić information content (AvgIpc) is 2.95. The Morgan fingerprint density at radius 3 is 3.00 bits per heavy atom. The number of rotatable bonds is 6. The Kier molecular flexibility index (Phi) is 5.36. The number of nitrogens with zero attached hydrogens (tertiary/aromatic N) is 3. The van der Waals surface area contributed by atoms with E-state index in [1.807, 2.05) is 18.7 Å². The van der Waals surface area contributed by atoms with E-state index in [9.17, 15) is 9.59 Å². The summed E-state index contributed by atoms with van der Waals surface area (Å²) in [5.41, 5.74) is 0. The fourth-order valence-electron chi connectivity index (χ4n) is 2.09. The van der Waals surface area contributed by atoms with Gasteiger partial charge in [0.1, 0.15) is 5.01 Å². The fourth-order valence-corrected chi connectivity index (χ4v) is 3.71. The number of thioether (sulfide) groups is 1. The van der Waals surface area contributed by atoms with Crippen LogP contribution in [0.2, 0.25) is 0 Å². The fraction of sp³-hybridized carbons (Fsp3) is 0.667. The first-order valence-electron chi connectivity index (χ1n) is 6.58. The van der Waals surface area contributed by atoms with Crippen molar-refractivity contribution in [2.45, 2.75) is 37.1 Å². The van der Waals surface area contributed by atoms with Crippen molar-refractivity contribution < 1.29 is 9.59 Å². The molecule has 0 radical (unpaired) electrons. The van der Waals surface area contributed by atoms with Crippen molar-refractivity contribution in [2.24, 2.45) is 0 Å². The molecule has 2 amide bonds. The van der Waals surface area contributed by atoms with Gasteiger partial charge in [-0.1, -0.05) is 30.0 Å². The molecule has 110 valence electrons. The summed E-state index contributed by atoms with van der Waals surface area (Å²) < 4.78 is 0.799. The zero-order chi connectivity index (χ0) is 14.5. The van der Waals surface area contributed by atoms with Crippen LogP contribution >= 0.6 is 23.1 Å². The molecule has 2 rings (SSSR count). The third-order valence-electron chi connectivity index (χ3n) is 2.91. The summed E-state index contributed by atoms with van der Waals surface area (Å²) in [6, 6.07) is -0.0571. The molecule has 0 aromatic carbocycles.